The maximum atomic E-state index is 3.41. The quantitative estimate of drug-likeness (QED) is 0.862. The highest BCUT2D eigenvalue weighted by molar-refractivity contribution is 7.10. The average Bonchev–Trinajstić information content (AvgIpc) is 2.89. The van der Waals surface area contributed by atoms with E-state index in [2.05, 4.69) is 67.9 Å². The molecule has 1 aromatic heterocycles. The van der Waals surface area contributed by atoms with Gasteiger partial charge in [-0.15, -0.1) is 11.3 Å². The van der Waals surface area contributed by atoms with Crippen molar-refractivity contribution in [3.8, 4) is 0 Å². The number of likely N-dealkylation sites (N-methyl/N-ethyl adjacent to an activating group) is 1. The van der Waals surface area contributed by atoms with Gasteiger partial charge in [0.15, 0.2) is 0 Å². The third kappa shape index (κ3) is 3.68. The van der Waals surface area contributed by atoms with Crippen LogP contribution in [-0.4, -0.2) is 7.05 Å². The summed E-state index contributed by atoms with van der Waals surface area (Å²) in [5.41, 5.74) is 3.02. The largest absolute Gasteiger partial charge is 0.312 e. The van der Waals surface area contributed by atoms with Crippen LogP contribution >= 0.6 is 11.3 Å². The van der Waals surface area contributed by atoms with Gasteiger partial charge in [-0.05, 0) is 41.5 Å². The number of benzene rings is 1. The van der Waals surface area contributed by atoms with E-state index in [0.29, 0.717) is 6.04 Å². The van der Waals surface area contributed by atoms with E-state index in [1.807, 2.05) is 18.4 Å². The standard InChI is InChI=1S/C17H23NS/c1-17(2,3)14-9-7-13(8-10-14)12-15(18-4)16-6-5-11-19-16/h5-11,15,18H,12H2,1-4H3. The monoisotopic (exact) mass is 273 g/mol. The summed E-state index contributed by atoms with van der Waals surface area (Å²) >= 11 is 1.82. The summed E-state index contributed by atoms with van der Waals surface area (Å²) in [6, 6.07) is 13.8. The Morgan fingerprint density at radius 3 is 2.26 bits per heavy atom. The average molecular weight is 273 g/mol. The Morgan fingerprint density at radius 1 is 1.11 bits per heavy atom. The summed E-state index contributed by atoms with van der Waals surface area (Å²) in [4.78, 5) is 1.40. The second-order valence-corrected chi connectivity index (χ2v) is 6.99. The van der Waals surface area contributed by atoms with Gasteiger partial charge >= 0.3 is 0 Å². The van der Waals surface area contributed by atoms with Gasteiger partial charge in [0.1, 0.15) is 0 Å². The van der Waals surface area contributed by atoms with Crippen LogP contribution in [0.2, 0.25) is 0 Å². The Hall–Kier alpha value is -1.12. The number of hydrogen-bond acceptors (Lipinski definition) is 2. The summed E-state index contributed by atoms with van der Waals surface area (Å²) in [7, 11) is 2.04. The zero-order chi connectivity index (χ0) is 13.9. The SMILES string of the molecule is CNC(Cc1ccc(C(C)(C)C)cc1)c1cccs1. The second-order valence-electron chi connectivity index (χ2n) is 6.01. The molecule has 1 atom stereocenters. The van der Waals surface area contributed by atoms with Crippen LogP contribution in [0.25, 0.3) is 0 Å². The van der Waals surface area contributed by atoms with Crippen LogP contribution in [0.5, 0.6) is 0 Å². The lowest BCUT2D eigenvalue weighted by Gasteiger charge is -2.20. The lowest BCUT2D eigenvalue weighted by molar-refractivity contribution is 0.586. The Labute approximate surface area is 120 Å². The predicted octanol–water partition coefficient (Wildman–Crippen LogP) is 4.55. The summed E-state index contributed by atoms with van der Waals surface area (Å²) in [6.07, 6.45) is 1.04. The van der Waals surface area contributed by atoms with Gasteiger partial charge in [0, 0.05) is 10.9 Å². The number of thiophene rings is 1. The molecule has 102 valence electrons. The van der Waals surface area contributed by atoms with Gasteiger partial charge in [-0.25, -0.2) is 0 Å². The summed E-state index contributed by atoms with van der Waals surface area (Å²) in [6.45, 7) is 6.76. The highest BCUT2D eigenvalue weighted by Gasteiger charge is 2.14. The fourth-order valence-corrected chi connectivity index (χ4v) is 3.05. The third-order valence-electron chi connectivity index (χ3n) is 3.49. The lowest BCUT2D eigenvalue weighted by atomic mass is 9.86. The van der Waals surface area contributed by atoms with Crippen molar-refractivity contribution in [2.24, 2.45) is 0 Å². The number of rotatable bonds is 4. The third-order valence-corrected chi connectivity index (χ3v) is 4.48. The normalized spacial score (nSPS) is 13.5. The van der Waals surface area contributed by atoms with Crippen LogP contribution in [0.15, 0.2) is 41.8 Å². The van der Waals surface area contributed by atoms with Gasteiger partial charge in [-0.2, -0.15) is 0 Å². The molecule has 2 heteroatoms. The van der Waals surface area contributed by atoms with Crippen molar-refractivity contribution in [2.75, 3.05) is 7.05 Å². The van der Waals surface area contributed by atoms with Crippen molar-refractivity contribution in [3.05, 3.63) is 57.8 Å². The highest BCUT2D eigenvalue weighted by Crippen LogP contribution is 2.25. The van der Waals surface area contributed by atoms with Gasteiger partial charge < -0.3 is 5.32 Å². The minimum atomic E-state index is 0.231. The van der Waals surface area contributed by atoms with E-state index in [9.17, 15) is 0 Å². The molecule has 1 N–H and O–H groups in total. The zero-order valence-electron chi connectivity index (χ0n) is 12.2. The molecule has 1 unspecified atom stereocenters. The fraction of sp³-hybridized carbons (Fsp3) is 0.412. The highest BCUT2D eigenvalue weighted by atomic mass is 32.1. The smallest absolute Gasteiger partial charge is 0.0453 e. The Morgan fingerprint density at radius 2 is 1.79 bits per heavy atom. The van der Waals surface area contributed by atoms with Crippen LogP contribution in [0.3, 0.4) is 0 Å². The fourth-order valence-electron chi connectivity index (χ4n) is 2.21. The molecule has 0 amide bonds. The predicted molar refractivity (Wildman–Crippen MR) is 85.0 cm³/mol. The first-order valence-corrected chi connectivity index (χ1v) is 7.69. The summed E-state index contributed by atoms with van der Waals surface area (Å²) in [5.74, 6) is 0. The number of hydrogen-bond donors (Lipinski definition) is 1. The maximum Gasteiger partial charge on any atom is 0.0453 e. The van der Waals surface area contributed by atoms with E-state index < -0.39 is 0 Å². The molecule has 1 aromatic carbocycles. The molecule has 0 radical (unpaired) electrons. The van der Waals surface area contributed by atoms with Crippen LogP contribution in [0.4, 0.5) is 0 Å². The molecule has 19 heavy (non-hydrogen) atoms. The molecule has 2 aromatic rings. The molecule has 0 aliphatic rings. The number of nitrogens with one attached hydrogen (secondary N) is 1. The maximum absolute atomic E-state index is 3.41. The van der Waals surface area contributed by atoms with Crippen molar-refractivity contribution in [2.45, 2.75) is 38.6 Å². The van der Waals surface area contributed by atoms with E-state index in [1.165, 1.54) is 16.0 Å². The van der Waals surface area contributed by atoms with Crippen LogP contribution in [0, 0.1) is 0 Å². The molecule has 0 spiro atoms. The van der Waals surface area contributed by atoms with Crippen molar-refractivity contribution in [3.63, 3.8) is 0 Å². The van der Waals surface area contributed by atoms with Crippen molar-refractivity contribution in [1.82, 2.24) is 5.32 Å². The molecule has 1 heterocycles. The minimum Gasteiger partial charge on any atom is -0.312 e. The molecule has 0 aliphatic carbocycles. The van der Waals surface area contributed by atoms with Crippen molar-refractivity contribution in [1.29, 1.82) is 0 Å². The van der Waals surface area contributed by atoms with Gasteiger partial charge in [0.2, 0.25) is 0 Å². The molecular formula is C17H23NS. The first kappa shape index (κ1) is 14.3. The molecule has 2 rings (SSSR count). The van der Waals surface area contributed by atoms with Gasteiger partial charge in [0.05, 0.1) is 0 Å². The van der Waals surface area contributed by atoms with Crippen LogP contribution in [0.1, 0.15) is 42.8 Å². The zero-order valence-corrected chi connectivity index (χ0v) is 13.1. The van der Waals surface area contributed by atoms with Gasteiger partial charge in [-0.3, -0.25) is 0 Å². The Kier molecular flexibility index (Phi) is 4.43. The Balaban J connectivity index is 2.11. The summed E-state index contributed by atoms with van der Waals surface area (Å²) in [5, 5.41) is 5.55. The van der Waals surface area contributed by atoms with Crippen molar-refractivity contribution < 1.29 is 0 Å². The van der Waals surface area contributed by atoms with Crippen molar-refractivity contribution >= 4 is 11.3 Å². The minimum absolute atomic E-state index is 0.231. The van der Waals surface area contributed by atoms with E-state index in [-0.39, 0.29) is 5.41 Å². The van der Waals surface area contributed by atoms with Gasteiger partial charge in [0.25, 0.3) is 0 Å². The molecular weight excluding hydrogens is 250 g/mol. The molecule has 0 fully saturated rings. The van der Waals surface area contributed by atoms with Gasteiger partial charge in [-0.1, -0.05) is 51.1 Å². The van der Waals surface area contributed by atoms with E-state index >= 15 is 0 Å². The van der Waals surface area contributed by atoms with Crippen LogP contribution in [-0.2, 0) is 11.8 Å². The molecule has 0 bridgehead atoms. The van der Waals surface area contributed by atoms with E-state index in [0.717, 1.165) is 6.42 Å². The van der Waals surface area contributed by atoms with E-state index in [4.69, 9.17) is 0 Å². The first-order chi connectivity index (χ1) is 9.00. The molecule has 0 saturated carbocycles. The van der Waals surface area contributed by atoms with Crippen LogP contribution < -0.4 is 5.32 Å². The first-order valence-electron chi connectivity index (χ1n) is 6.81. The Bertz CT molecular complexity index is 491. The molecule has 0 aliphatic heterocycles. The topological polar surface area (TPSA) is 12.0 Å². The second kappa shape index (κ2) is 5.89. The summed E-state index contributed by atoms with van der Waals surface area (Å²) < 4.78 is 0. The lowest BCUT2D eigenvalue weighted by Crippen LogP contribution is -2.18. The van der Waals surface area contributed by atoms with E-state index in [1.54, 1.807) is 0 Å². The molecule has 0 saturated heterocycles. The molecule has 1 nitrogen and oxygen atoms in total.